The van der Waals surface area contributed by atoms with Crippen molar-refractivity contribution in [2.75, 3.05) is 18.4 Å². The molecule has 2 rings (SSSR count). The molecule has 158 valence electrons. The Morgan fingerprint density at radius 3 is 2.41 bits per heavy atom. The van der Waals surface area contributed by atoms with Crippen molar-refractivity contribution in [3.63, 3.8) is 0 Å². The third-order valence-corrected chi connectivity index (χ3v) is 6.45. The highest BCUT2D eigenvalue weighted by Crippen LogP contribution is 2.24. The van der Waals surface area contributed by atoms with Gasteiger partial charge in [0.15, 0.2) is 6.10 Å². The van der Waals surface area contributed by atoms with Crippen molar-refractivity contribution in [1.82, 2.24) is 9.46 Å². The molecule has 0 aliphatic carbocycles. The third kappa shape index (κ3) is 5.21. The van der Waals surface area contributed by atoms with Crippen LogP contribution >= 0.6 is 0 Å². The van der Waals surface area contributed by atoms with E-state index in [1.54, 1.807) is 39.8 Å². The van der Waals surface area contributed by atoms with Crippen molar-refractivity contribution >= 4 is 27.6 Å². The highest BCUT2D eigenvalue weighted by molar-refractivity contribution is 7.89. The minimum absolute atomic E-state index is 0.106. The molecular weight excluding hydrogens is 398 g/mol. The lowest BCUT2D eigenvalue weighted by Crippen LogP contribution is -2.32. The lowest BCUT2D eigenvalue weighted by Gasteiger charge is -2.20. The highest BCUT2D eigenvalue weighted by Gasteiger charge is 2.25. The Balaban J connectivity index is 2.15. The molecule has 1 amide bonds. The fourth-order valence-corrected chi connectivity index (χ4v) is 4.34. The number of carbonyl (C=O) groups is 2. The van der Waals surface area contributed by atoms with E-state index < -0.39 is 28.0 Å². The lowest BCUT2D eigenvalue weighted by molar-refractivity contribution is -0.123. The number of rotatable bonds is 8. The largest absolute Gasteiger partial charge is 0.447 e. The van der Waals surface area contributed by atoms with Gasteiger partial charge in [0.05, 0.1) is 10.6 Å². The molecule has 1 N–H and O–H groups in total. The number of benzene rings is 1. The fourth-order valence-electron chi connectivity index (χ4n) is 2.63. The van der Waals surface area contributed by atoms with Crippen molar-refractivity contribution in [3.8, 4) is 0 Å². The van der Waals surface area contributed by atoms with Crippen LogP contribution in [0.5, 0.6) is 0 Å². The average molecular weight is 423 g/mol. The summed E-state index contributed by atoms with van der Waals surface area (Å²) in [5, 5.41) is 6.16. The van der Waals surface area contributed by atoms with Gasteiger partial charge >= 0.3 is 5.97 Å². The number of nitrogens with zero attached hydrogens (tertiary/aromatic N) is 2. The molecule has 0 aliphatic rings. The number of carbonyl (C=O) groups excluding carboxylic acids is 2. The summed E-state index contributed by atoms with van der Waals surface area (Å²) in [5.74, 6) is -1.53. The SMILES string of the molecule is CCN(CC)S(=O)(=O)c1cc(NC(=O)[C@H](C)OC(=O)c2cc(C)no2)ccc1C. The lowest BCUT2D eigenvalue weighted by atomic mass is 10.2. The number of amides is 1. The second-order valence-corrected chi connectivity index (χ2v) is 8.35. The smallest absolute Gasteiger partial charge is 0.377 e. The molecule has 10 heteroatoms. The number of hydrogen-bond acceptors (Lipinski definition) is 7. The van der Waals surface area contributed by atoms with E-state index in [-0.39, 0.29) is 16.3 Å². The Kier molecular flexibility index (Phi) is 7.15. The second kappa shape index (κ2) is 9.19. The van der Waals surface area contributed by atoms with Crippen LogP contribution in [0.1, 0.15) is 42.6 Å². The molecule has 0 unspecified atom stereocenters. The van der Waals surface area contributed by atoms with Crippen LogP contribution in [0, 0.1) is 13.8 Å². The first kappa shape index (κ1) is 22.6. The van der Waals surface area contributed by atoms with Gasteiger partial charge in [0.2, 0.25) is 15.8 Å². The summed E-state index contributed by atoms with van der Waals surface area (Å²) >= 11 is 0. The van der Waals surface area contributed by atoms with Crippen molar-refractivity contribution < 1.29 is 27.3 Å². The molecule has 29 heavy (non-hydrogen) atoms. The van der Waals surface area contributed by atoms with Crippen molar-refractivity contribution in [2.45, 2.75) is 45.6 Å². The zero-order valence-electron chi connectivity index (χ0n) is 17.1. The van der Waals surface area contributed by atoms with Crippen LogP contribution in [0.2, 0.25) is 0 Å². The first-order valence-corrected chi connectivity index (χ1v) is 10.6. The zero-order valence-corrected chi connectivity index (χ0v) is 17.9. The number of anilines is 1. The van der Waals surface area contributed by atoms with Crippen molar-refractivity contribution in [3.05, 3.63) is 41.3 Å². The number of hydrogen-bond donors (Lipinski definition) is 1. The van der Waals surface area contributed by atoms with Crippen LogP contribution in [0.3, 0.4) is 0 Å². The monoisotopic (exact) mass is 423 g/mol. The highest BCUT2D eigenvalue weighted by atomic mass is 32.2. The number of nitrogens with one attached hydrogen (secondary N) is 1. The Labute approximate surface area is 170 Å². The topological polar surface area (TPSA) is 119 Å². The van der Waals surface area contributed by atoms with Gasteiger partial charge in [0.1, 0.15) is 0 Å². The third-order valence-electron chi connectivity index (χ3n) is 4.26. The van der Waals surface area contributed by atoms with Gasteiger partial charge in [0.25, 0.3) is 5.91 Å². The molecule has 9 nitrogen and oxygen atoms in total. The predicted molar refractivity (Wildman–Crippen MR) is 106 cm³/mol. The van der Waals surface area contributed by atoms with Gasteiger partial charge in [0, 0.05) is 24.8 Å². The molecule has 0 saturated carbocycles. The average Bonchev–Trinajstić information content (AvgIpc) is 3.10. The molecular formula is C19H25N3O6S. The fraction of sp³-hybridized carbons (Fsp3) is 0.421. The summed E-state index contributed by atoms with van der Waals surface area (Å²) in [4.78, 5) is 24.5. The molecule has 1 heterocycles. The van der Waals surface area contributed by atoms with E-state index in [9.17, 15) is 18.0 Å². The Bertz CT molecular complexity index is 995. The van der Waals surface area contributed by atoms with E-state index in [1.807, 2.05) is 0 Å². The zero-order chi connectivity index (χ0) is 21.8. The van der Waals surface area contributed by atoms with Gasteiger partial charge in [-0.1, -0.05) is 25.1 Å². The van der Waals surface area contributed by atoms with E-state index in [2.05, 4.69) is 10.5 Å². The Hall–Kier alpha value is -2.72. The van der Waals surface area contributed by atoms with Gasteiger partial charge < -0.3 is 14.6 Å². The van der Waals surface area contributed by atoms with Crippen LogP contribution in [-0.4, -0.2) is 48.9 Å². The van der Waals surface area contributed by atoms with Gasteiger partial charge in [-0.3, -0.25) is 4.79 Å². The van der Waals surface area contributed by atoms with E-state index in [0.29, 0.717) is 24.3 Å². The molecule has 2 aromatic rings. The number of aryl methyl sites for hydroxylation is 2. The summed E-state index contributed by atoms with van der Waals surface area (Å²) < 4.78 is 36.9. The van der Waals surface area contributed by atoms with Crippen LogP contribution < -0.4 is 5.32 Å². The molecule has 0 spiro atoms. The standard InChI is InChI=1S/C19H25N3O6S/c1-6-22(7-2)29(25,26)17-11-15(9-8-12(17)3)20-18(23)14(5)27-19(24)16-10-13(4)21-28-16/h8-11,14H,6-7H2,1-5H3,(H,20,23)/t14-/m0/s1. The maximum absolute atomic E-state index is 12.8. The Morgan fingerprint density at radius 1 is 1.21 bits per heavy atom. The van der Waals surface area contributed by atoms with Gasteiger partial charge in [-0.15, -0.1) is 0 Å². The molecule has 1 aromatic carbocycles. The molecule has 0 bridgehead atoms. The first-order valence-electron chi connectivity index (χ1n) is 9.16. The summed E-state index contributed by atoms with van der Waals surface area (Å²) in [6, 6.07) is 6.00. The first-order chi connectivity index (χ1) is 13.6. The molecule has 1 atom stereocenters. The summed E-state index contributed by atoms with van der Waals surface area (Å²) in [5.41, 5.74) is 1.36. The minimum atomic E-state index is -3.69. The number of esters is 1. The summed E-state index contributed by atoms with van der Waals surface area (Å²) in [7, 11) is -3.69. The van der Waals surface area contributed by atoms with E-state index in [0.717, 1.165) is 0 Å². The normalized spacial score (nSPS) is 12.6. The summed E-state index contributed by atoms with van der Waals surface area (Å²) in [6.07, 6.45) is -1.13. The Morgan fingerprint density at radius 2 is 1.86 bits per heavy atom. The van der Waals surface area contributed by atoms with Gasteiger partial charge in [-0.2, -0.15) is 4.31 Å². The van der Waals surface area contributed by atoms with Crippen LogP contribution in [0.4, 0.5) is 5.69 Å². The molecule has 0 radical (unpaired) electrons. The quantitative estimate of drug-likeness (QED) is 0.648. The number of ether oxygens (including phenoxy) is 1. The van der Waals surface area contributed by atoms with Gasteiger partial charge in [-0.25, -0.2) is 13.2 Å². The molecule has 0 saturated heterocycles. The maximum atomic E-state index is 12.8. The summed E-state index contributed by atoms with van der Waals surface area (Å²) in [6.45, 7) is 8.93. The van der Waals surface area contributed by atoms with E-state index in [1.165, 1.54) is 23.4 Å². The number of aromatic nitrogens is 1. The maximum Gasteiger partial charge on any atom is 0.377 e. The van der Waals surface area contributed by atoms with E-state index >= 15 is 0 Å². The van der Waals surface area contributed by atoms with E-state index in [4.69, 9.17) is 9.26 Å². The number of sulfonamides is 1. The molecule has 1 aromatic heterocycles. The predicted octanol–water partition coefficient (Wildman–Crippen LogP) is 2.51. The van der Waals surface area contributed by atoms with Crippen LogP contribution in [0.25, 0.3) is 0 Å². The molecule has 0 aliphatic heterocycles. The second-order valence-electron chi connectivity index (χ2n) is 6.44. The van der Waals surface area contributed by atoms with Crippen molar-refractivity contribution in [1.29, 1.82) is 0 Å². The van der Waals surface area contributed by atoms with Crippen molar-refractivity contribution in [2.24, 2.45) is 0 Å². The van der Waals surface area contributed by atoms with Gasteiger partial charge in [-0.05, 0) is 38.5 Å². The minimum Gasteiger partial charge on any atom is -0.447 e. The molecule has 0 fully saturated rings. The van der Waals surface area contributed by atoms with Crippen LogP contribution in [-0.2, 0) is 19.6 Å². The van der Waals surface area contributed by atoms with Crippen LogP contribution in [0.15, 0.2) is 33.7 Å².